The van der Waals surface area contributed by atoms with Crippen molar-refractivity contribution in [3.8, 4) is 0 Å². The summed E-state index contributed by atoms with van der Waals surface area (Å²) in [7, 11) is 5.90. The highest BCUT2D eigenvalue weighted by Gasteiger charge is 2.13. The van der Waals surface area contributed by atoms with Gasteiger partial charge >= 0.3 is 0 Å². The fourth-order valence-electron chi connectivity index (χ4n) is 0.523. The molecular formula is C8H19NS2. The first kappa shape index (κ1) is 11.7. The Morgan fingerprint density at radius 3 is 2.18 bits per heavy atom. The first-order chi connectivity index (χ1) is 4.99. The highest BCUT2D eigenvalue weighted by Crippen LogP contribution is 2.37. The molecule has 0 rings (SSSR count). The molecule has 0 amide bonds. The third-order valence-electron chi connectivity index (χ3n) is 1.11. The molecule has 11 heavy (non-hydrogen) atoms. The molecule has 0 aliphatic heterocycles. The van der Waals surface area contributed by atoms with E-state index in [2.05, 4.69) is 33.0 Å². The normalized spacial score (nSPS) is 15.0. The SMILES string of the molecule is CC[C@@H](NC)SSC(C)(C)C. The van der Waals surface area contributed by atoms with Crippen molar-refractivity contribution in [2.45, 2.75) is 44.2 Å². The average Bonchev–Trinajstić information content (AvgIpc) is 1.88. The molecule has 0 aromatic heterocycles. The summed E-state index contributed by atoms with van der Waals surface area (Å²) >= 11 is 0. The van der Waals surface area contributed by atoms with Crippen molar-refractivity contribution in [1.29, 1.82) is 0 Å². The van der Waals surface area contributed by atoms with E-state index in [0.29, 0.717) is 10.1 Å². The molecule has 0 bridgehead atoms. The monoisotopic (exact) mass is 193 g/mol. The number of hydrogen-bond donors (Lipinski definition) is 1. The van der Waals surface area contributed by atoms with Crippen molar-refractivity contribution in [3.63, 3.8) is 0 Å². The molecule has 0 aliphatic carbocycles. The zero-order valence-electron chi connectivity index (χ0n) is 8.10. The van der Waals surface area contributed by atoms with Crippen molar-refractivity contribution in [3.05, 3.63) is 0 Å². The van der Waals surface area contributed by atoms with Gasteiger partial charge in [0.1, 0.15) is 0 Å². The summed E-state index contributed by atoms with van der Waals surface area (Å²) in [4.78, 5) is 0. The summed E-state index contributed by atoms with van der Waals surface area (Å²) in [6, 6.07) is 0. The van der Waals surface area contributed by atoms with E-state index < -0.39 is 0 Å². The fourth-order valence-corrected chi connectivity index (χ4v) is 3.07. The molecule has 0 fully saturated rings. The molecule has 1 N–H and O–H groups in total. The number of rotatable bonds is 4. The predicted molar refractivity (Wildman–Crippen MR) is 58.1 cm³/mol. The number of nitrogens with one attached hydrogen (secondary N) is 1. The summed E-state index contributed by atoms with van der Waals surface area (Å²) < 4.78 is 0.370. The van der Waals surface area contributed by atoms with Crippen LogP contribution in [0.4, 0.5) is 0 Å². The molecule has 0 heterocycles. The van der Waals surface area contributed by atoms with Gasteiger partial charge < -0.3 is 5.32 Å². The Labute approximate surface area is 78.5 Å². The Bertz CT molecular complexity index is 94.8. The Kier molecular flexibility index (Phi) is 5.65. The van der Waals surface area contributed by atoms with E-state index in [1.54, 1.807) is 0 Å². The second-order valence-corrected chi connectivity index (χ2v) is 6.71. The van der Waals surface area contributed by atoms with Crippen molar-refractivity contribution in [2.75, 3.05) is 7.05 Å². The van der Waals surface area contributed by atoms with Gasteiger partial charge in [-0.1, -0.05) is 49.3 Å². The molecule has 68 valence electrons. The maximum atomic E-state index is 3.27. The standard InChI is InChI=1S/C8H19NS2/c1-6-7(9-5)10-11-8(2,3)4/h7,9H,6H2,1-5H3/t7-/m0/s1. The highest BCUT2D eigenvalue weighted by molar-refractivity contribution is 8.77. The minimum absolute atomic E-state index is 0.370. The van der Waals surface area contributed by atoms with E-state index in [1.165, 1.54) is 6.42 Å². The van der Waals surface area contributed by atoms with Gasteiger partial charge in [0.15, 0.2) is 0 Å². The minimum atomic E-state index is 0.370. The molecule has 3 heteroatoms. The summed E-state index contributed by atoms with van der Waals surface area (Å²) in [5, 5.41) is 3.86. The lowest BCUT2D eigenvalue weighted by molar-refractivity contribution is 0.721. The molecule has 0 saturated heterocycles. The van der Waals surface area contributed by atoms with Crippen molar-refractivity contribution < 1.29 is 0 Å². The second-order valence-electron chi connectivity index (χ2n) is 3.48. The van der Waals surface area contributed by atoms with Gasteiger partial charge in [-0.15, -0.1) is 0 Å². The molecule has 0 unspecified atom stereocenters. The third-order valence-corrected chi connectivity index (χ3v) is 4.99. The Morgan fingerprint density at radius 1 is 1.36 bits per heavy atom. The van der Waals surface area contributed by atoms with Gasteiger partial charge in [-0.05, 0) is 13.5 Å². The lowest BCUT2D eigenvalue weighted by atomic mass is 10.3. The lowest BCUT2D eigenvalue weighted by Crippen LogP contribution is -2.20. The summed E-state index contributed by atoms with van der Waals surface area (Å²) in [6.45, 7) is 8.94. The zero-order valence-corrected chi connectivity index (χ0v) is 9.73. The number of hydrogen-bond acceptors (Lipinski definition) is 3. The molecule has 0 radical (unpaired) electrons. The van der Waals surface area contributed by atoms with Crippen LogP contribution in [0.3, 0.4) is 0 Å². The van der Waals surface area contributed by atoms with E-state index in [-0.39, 0.29) is 0 Å². The van der Waals surface area contributed by atoms with Crippen LogP contribution in [0.1, 0.15) is 34.1 Å². The molecule has 0 aliphatic rings. The smallest absolute Gasteiger partial charge is 0.0632 e. The highest BCUT2D eigenvalue weighted by atomic mass is 33.1. The van der Waals surface area contributed by atoms with Gasteiger partial charge in [0.25, 0.3) is 0 Å². The summed E-state index contributed by atoms with van der Waals surface area (Å²) in [5.74, 6) is 0. The van der Waals surface area contributed by atoms with Crippen LogP contribution in [0.5, 0.6) is 0 Å². The van der Waals surface area contributed by atoms with Gasteiger partial charge in [0.2, 0.25) is 0 Å². The quantitative estimate of drug-likeness (QED) is 0.544. The summed E-state index contributed by atoms with van der Waals surface area (Å²) in [5.41, 5.74) is 0. The van der Waals surface area contributed by atoms with E-state index in [1.807, 2.05) is 28.6 Å². The minimum Gasteiger partial charge on any atom is -0.308 e. The van der Waals surface area contributed by atoms with Crippen LogP contribution >= 0.6 is 21.6 Å². The molecule has 0 aromatic carbocycles. The van der Waals surface area contributed by atoms with Crippen molar-refractivity contribution in [1.82, 2.24) is 5.32 Å². The van der Waals surface area contributed by atoms with Gasteiger partial charge in [0, 0.05) is 4.75 Å². The Hall–Kier alpha value is 0.660. The van der Waals surface area contributed by atoms with Gasteiger partial charge in [0.05, 0.1) is 5.37 Å². The zero-order chi connectivity index (χ0) is 8.91. The van der Waals surface area contributed by atoms with E-state index in [0.717, 1.165) is 0 Å². The van der Waals surface area contributed by atoms with Crippen molar-refractivity contribution in [2.24, 2.45) is 0 Å². The molecule has 0 aromatic rings. The maximum Gasteiger partial charge on any atom is 0.0632 e. The molecule has 0 spiro atoms. The van der Waals surface area contributed by atoms with E-state index >= 15 is 0 Å². The van der Waals surface area contributed by atoms with Crippen LogP contribution in [-0.2, 0) is 0 Å². The first-order valence-corrected chi connectivity index (χ1v) is 6.22. The van der Waals surface area contributed by atoms with E-state index in [9.17, 15) is 0 Å². The average molecular weight is 193 g/mol. The molecular weight excluding hydrogens is 174 g/mol. The molecule has 1 nitrogen and oxygen atoms in total. The topological polar surface area (TPSA) is 12.0 Å². The fraction of sp³-hybridized carbons (Fsp3) is 1.00. The summed E-state index contributed by atoms with van der Waals surface area (Å²) in [6.07, 6.45) is 1.18. The third kappa shape index (κ3) is 7.04. The predicted octanol–water partition coefficient (Wildman–Crippen LogP) is 3.12. The van der Waals surface area contributed by atoms with Crippen LogP contribution in [-0.4, -0.2) is 17.2 Å². The lowest BCUT2D eigenvalue weighted by Gasteiger charge is -2.20. The molecule has 1 atom stereocenters. The maximum absolute atomic E-state index is 3.27. The van der Waals surface area contributed by atoms with Gasteiger partial charge in [-0.25, -0.2) is 0 Å². The van der Waals surface area contributed by atoms with Crippen LogP contribution in [0.15, 0.2) is 0 Å². The van der Waals surface area contributed by atoms with Crippen LogP contribution in [0, 0.1) is 0 Å². The van der Waals surface area contributed by atoms with Crippen LogP contribution in [0.2, 0.25) is 0 Å². The Morgan fingerprint density at radius 2 is 1.91 bits per heavy atom. The molecule has 0 saturated carbocycles. The largest absolute Gasteiger partial charge is 0.308 e. The van der Waals surface area contributed by atoms with Crippen LogP contribution in [0.25, 0.3) is 0 Å². The Balaban J connectivity index is 3.51. The van der Waals surface area contributed by atoms with Gasteiger partial charge in [-0.2, -0.15) is 0 Å². The second kappa shape index (κ2) is 5.33. The first-order valence-electron chi connectivity index (χ1n) is 4.01. The van der Waals surface area contributed by atoms with E-state index in [4.69, 9.17) is 0 Å². The van der Waals surface area contributed by atoms with Crippen LogP contribution < -0.4 is 5.32 Å². The van der Waals surface area contributed by atoms with Gasteiger partial charge in [-0.3, -0.25) is 0 Å². The van der Waals surface area contributed by atoms with Crippen molar-refractivity contribution >= 4 is 21.6 Å².